The van der Waals surface area contributed by atoms with Crippen LogP contribution in [0.1, 0.15) is 34.1 Å². The number of hydrogen-bond donors (Lipinski definition) is 1. The Balaban J connectivity index is 2.64. The average molecular weight is 270 g/mol. The van der Waals surface area contributed by atoms with Gasteiger partial charge in [0.15, 0.2) is 0 Å². The third-order valence-corrected chi connectivity index (χ3v) is 3.71. The lowest BCUT2D eigenvalue weighted by Crippen LogP contribution is -2.50. The number of carboxylic acids is 1. The van der Waals surface area contributed by atoms with Crippen LogP contribution < -0.4 is 0 Å². The normalized spacial score (nSPS) is 24.9. The molecule has 19 heavy (non-hydrogen) atoms. The predicted octanol–water partition coefficient (Wildman–Crippen LogP) is 2.13. The fourth-order valence-electron chi connectivity index (χ4n) is 2.77. The number of urea groups is 1. The summed E-state index contributed by atoms with van der Waals surface area (Å²) in [6.45, 7) is 10.2. The molecule has 0 bridgehead atoms. The topological polar surface area (TPSA) is 60.9 Å². The number of likely N-dealkylation sites (tertiary alicyclic amines) is 1. The van der Waals surface area contributed by atoms with E-state index in [2.05, 4.69) is 13.8 Å². The minimum atomic E-state index is -0.855. The molecule has 0 spiro atoms. The number of aliphatic carboxylic acids is 1. The molecule has 0 aliphatic carbocycles. The van der Waals surface area contributed by atoms with Gasteiger partial charge < -0.3 is 14.9 Å². The van der Waals surface area contributed by atoms with Crippen LogP contribution >= 0.6 is 0 Å². The summed E-state index contributed by atoms with van der Waals surface area (Å²) in [5.41, 5.74) is 0. The van der Waals surface area contributed by atoms with Crippen LogP contribution in [-0.4, -0.2) is 53.1 Å². The second-order valence-electron chi connectivity index (χ2n) is 5.91. The summed E-state index contributed by atoms with van der Waals surface area (Å²) >= 11 is 0. The fraction of sp³-hybridized carbons (Fsp3) is 0.857. The lowest BCUT2D eigenvalue weighted by atomic mass is 9.92. The number of nitrogens with zero attached hydrogens (tertiary/aromatic N) is 2. The van der Waals surface area contributed by atoms with E-state index in [1.165, 1.54) is 0 Å². The van der Waals surface area contributed by atoms with E-state index in [1.807, 2.05) is 11.8 Å². The van der Waals surface area contributed by atoms with Crippen molar-refractivity contribution in [2.45, 2.75) is 34.1 Å². The van der Waals surface area contributed by atoms with Crippen molar-refractivity contribution in [3.8, 4) is 0 Å². The standard InChI is InChI=1S/C14H26N2O3/c1-5-15(9-12(4)13(17)18)14(19)16-7-10(2)6-11(3)8-16/h10-12H,5-9H2,1-4H3,(H,17,18). The van der Waals surface area contributed by atoms with Crippen molar-refractivity contribution in [3.63, 3.8) is 0 Å². The molecule has 3 atom stereocenters. The highest BCUT2D eigenvalue weighted by atomic mass is 16.4. The quantitative estimate of drug-likeness (QED) is 0.851. The minimum absolute atomic E-state index is 0.0194. The molecule has 1 aliphatic rings. The summed E-state index contributed by atoms with van der Waals surface area (Å²) in [5.74, 6) is -0.346. The van der Waals surface area contributed by atoms with Crippen LogP contribution in [0.4, 0.5) is 4.79 Å². The predicted molar refractivity (Wildman–Crippen MR) is 74.0 cm³/mol. The van der Waals surface area contributed by atoms with Gasteiger partial charge in [0.25, 0.3) is 0 Å². The van der Waals surface area contributed by atoms with Crippen LogP contribution in [0.25, 0.3) is 0 Å². The molecule has 2 amide bonds. The smallest absolute Gasteiger partial charge is 0.320 e. The first kappa shape index (κ1) is 15.8. The number of carbonyl (C=O) groups is 2. The highest BCUT2D eigenvalue weighted by Crippen LogP contribution is 2.22. The molecule has 0 saturated carbocycles. The lowest BCUT2D eigenvalue weighted by Gasteiger charge is -2.38. The van der Waals surface area contributed by atoms with Crippen molar-refractivity contribution in [1.29, 1.82) is 0 Å². The molecule has 1 saturated heterocycles. The number of piperidine rings is 1. The third-order valence-electron chi connectivity index (χ3n) is 3.71. The van der Waals surface area contributed by atoms with Crippen molar-refractivity contribution in [2.24, 2.45) is 17.8 Å². The Hall–Kier alpha value is -1.26. The molecule has 0 radical (unpaired) electrons. The second kappa shape index (κ2) is 6.78. The van der Waals surface area contributed by atoms with Gasteiger partial charge in [-0.3, -0.25) is 4.79 Å². The number of hydrogen-bond acceptors (Lipinski definition) is 2. The Bertz CT molecular complexity index is 323. The van der Waals surface area contributed by atoms with Crippen molar-refractivity contribution < 1.29 is 14.7 Å². The third kappa shape index (κ3) is 4.40. The molecule has 5 heteroatoms. The Morgan fingerprint density at radius 3 is 2.26 bits per heavy atom. The molecule has 0 aromatic heterocycles. The van der Waals surface area contributed by atoms with Gasteiger partial charge in [-0.2, -0.15) is 0 Å². The maximum Gasteiger partial charge on any atom is 0.320 e. The number of amides is 2. The first-order valence-corrected chi connectivity index (χ1v) is 7.11. The van der Waals surface area contributed by atoms with Crippen molar-refractivity contribution in [1.82, 2.24) is 9.80 Å². The van der Waals surface area contributed by atoms with Gasteiger partial charge in [-0.1, -0.05) is 20.8 Å². The van der Waals surface area contributed by atoms with Gasteiger partial charge in [0.2, 0.25) is 0 Å². The van der Waals surface area contributed by atoms with E-state index in [1.54, 1.807) is 11.8 Å². The van der Waals surface area contributed by atoms with E-state index >= 15 is 0 Å². The molecule has 1 heterocycles. The van der Waals surface area contributed by atoms with E-state index in [0.29, 0.717) is 18.4 Å². The molecule has 3 unspecified atom stereocenters. The van der Waals surface area contributed by atoms with Crippen LogP contribution in [-0.2, 0) is 4.79 Å². The molecule has 5 nitrogen and oxygen atoms in total. The molecule has 0 aromatic rings. The van der Waals surface area contributed by atoms with E-state index < -0.39 is 11.9 Å². The first-order valence-electron chi connectivity index (χ1n) is 7.11. The minimum Gasteiger partial charge on any atom is -0.481 e. The van der Waals surface area contributed by atoms with Gasteiger partial charge in [0.1, 0.15) is 0 Å². The van der Waals surface area contributed by atoms with Crippen molar-refractivity contribution in [3.05, 3.63) is 0 Å². The summed E-state index contributed by atoms with van der Waals surface area (Å²) in [5, 5.41) is 8.95. The summed E-state index contributed by atoms with van der Waals surface area (Å²) in [6, 6.07) is -0.0194. The van der Waals surface area contributed by atoms with Crippen molar-refractivity contribution >= 4 is 12.0 Å². The number of rotatable bonds is 4. The van der Waals surface area contributed by atoms with E-state index in [0.717, 1.165) is 19.5 Å². The molecule has 110 valence electrons. The highest BCUT2D eigenvalue weighted by molar-refractivity contribution is 5.76. The largest absolute Gasteiger partial charge is 0.481 e. The van der Waals surface area contributed by atoms with Gasteiger partial charge in [0.05, 0.1) is 5.92 Å². The van der Waals surface area contributed by atoms with Crippen LogP contribution in [0.2, 0.25) is 0 Å². The van der Waals surface area contributed by atoms with Gasteiger partial charge >= 0.3 is 12.0 Å². The van der Waals surface area contributed by atoms with E-state index in [-0.39, 0.29) is 12.6 Å². The summed E-state index contributed by atoms with van der Waals surface area (Å²) in [7, 11) is 0. The molecule has 1 N–H and O–H groups in total. The van der Waals surface area contributed by atoms with Gasteiger partial charge in [0, 0.05) is 26.2 Å². The van der Waals surface area contributed by atoms with E-state index in [4.69, 9.17) is 5.11 Å². The Morgan fingerprint density at radius 2 is 1.84 bits per heavy atom. The number of carbonyl (C=O) groups excluding carboxylic acids is 1. The monoisotopic (exact) mass is 270 g/mol. The Labute approximate surface area is 115 Å². The van der Waals surface area contributed by atoms with Crippen LogP contribution in [0.5, 0.6) is 0 Å². The van der Waals surface area contributed by atoms with Crippen LogP contribution in [0.15, 0.2) is 0 Å². The van der Waals surface area contributed by atoms with E-state index in [9.17, 15) is 9.59 Å². The highest BCUT2D eigenvalue weighted by Gasteiger charge is 2.29. The van der Waals surface area contributed by atoms with Gasteiger partial charge in [-0.05, 0) is 25.2 Å². The first-order chi connectivity index (χ1) is 8.85. The Morgan fingerprint density at radius 1 is 1.32 bits per heavy atom. The molecule has 1 fully saturated rings. The second-order valence-corrected chi connectivity index (χ2v) is 5.91. The number of carboxylic acid groups (broad SMARTS) is 1. The zero-order valence-electron chi connectivity index (χ0n) is 12.4. The summed E-state index contributed by atoms with van der Waals surface area (Å²) < 4.78 is 0. The molecule has 1 aliphatic heterocycles. The SMILES string of the molecule is CCN(CC(C)C(=O)O)C(=O)N1CC(C)CC(C)C1. The zero-order chi connectivity index (χ0) is 14.6. The van der Waals surface area contributed by atoms with Crippen molar-refractivity contribution in [2.75, 3.05) is 26.2 Å². The van der Waals surface area contributed by atoms with Crippen LogP contribution in [0, 0.1) is 17.8 Å². The lowest BCUT2D eigenvalue weighted by molar-refractivity contribution is -0.141. The van der Waals surface area contributed by atoms with Gasteiger partial charge in [-0.25, -0.2) is 4.79 Å². The zero-order valence-corrected chi connectivity index (χ0v) is 12.4. The Kier molecular flexibility index (Phi) is 5.63. The maximum atomic E-state index is 12.4. The maximum absolute atomic E-state index is 12.4. The van der Waals surface area contributed by atoms with Crippen LogP contribution in [0.3, 0.4) is 0 Å². The molecular weight excluding hydrogens is 244 g/mol. The fourth-order valence-corrected chi connectivity index (χ4v) is 2.77. The molecule has 1 rings (SSSR count). The molecule has 0 aromatic carbocycles. The molecular formula is C14H26N2O3. The summed E-state index contributed by atoms with van der Waals surface area (Å²) in [4.78, 5) is 26.9. The average Bonchev–Trinajstić information content (AvgIpc) is 2.33. The van der Waals surface area contributed by atoms with Gasteiger partial charge in [-0.15, -0.1) is 0 Å². The summed E-state index contributed by atoms with van der Waals surface area (Å²) in [6.07, 6.45) is 1.15.